The first kappa shape index (κ1) is 17.5. The molecule has 0 spiro atoms. The molecular formula is C22H23N3O2. The van der Waals surface area contributed by atoms with Gasteiger partial charge in [0.2, 0.25) is 17.6 Å². The smallest absolute Gasteiger partial charge is 0.232 e. The average molecular weight is 361 g/mol. The van der Waals surface area contributed by atoms with Crippen molar-refractivity contribution in [3.63, 3.8) is 0 Å². The van der Waals surface area contributed by atoms with Gasteiger partial charge in [-0.05, 0) is 44.4 Å². The van der Waals surface area contributed by atoms with Crippen molar-refractivity contribution in [3.05, 3.63) is 64.5 Å². The van der Waals surface area contributed by atoms with E-state index in [4.69, 9.17) is 4.52 Å². The van der Waals surface area contributed by atoms with Crippen molar-refractivity contribution >= 4 is 11.6 Å². The standard InChI is InChI=1S/C22H23N3O2/c1-13-9-15(3)20(16(4)10-13)25-12-17(11-19(25)26)22-23-21(24-27-22)18-8-6-5-7-14(18)2/h5-10,17H,11-12H2,1-4H3. The van der Waals surface area contributed by atoms with Crippen LogP contribution >= 0.6 is 0 Å². The number of anilines is 1. The number of amides is 1. The maximum atomic E-state index is 12.7. The molecule has 4 rings (SSSR count). The van der Waals surface area contributed by atoms with Crippen molar-refractivity contribution < 1.29 is 9.32 Å². The fourth-order valence-electron chi connectivity index (χ4n) is 4.02. The molecular weight excluding hydrogens is 338 g/mol. The Bertz CT molecular complexity index is 999. The molecule has 0 saturated carbocycles. The van der Waals surface area contributed by atoms with Gasteiger partial charge in [0.1, 0.15) is 0 Å². The lowest BCUT2D eigenvalue weighted by atomic mass is 10.0. The molecule has 138 valence electrons. The summed E-state index contributed by atoms with van der Waals surface area (Å²) < 4.78 is 5.53. The molecule has 0 N–H and O–H groups in total. The van der Waals surface area contributed by atoms with Gasteiger partial charge in [-0.1, -0.05) is 47.1 Å². The third-order valence-corrected chi connectivity index (χ3v) is 5.21. The van der Waals surface area contributed by atoms with E-state index in [0.717, 1.165) is 27.9 Å². The molecule has 1 aliphatic rings. The van der Waals surface area contributed by atoms with Crippen LogP contribution in [0.4, 0.5) is 5.69 Å². The summed E-state index contributed by atoms with van der Waals surface area (Å²) in [7, 11) is 0. The lowest BCUT2D eigenvalue weighted by Gasteiger charge is -2.21. The van der Waals surface area contributed by atoms with Crippen molar-refractivity contribution in [2.24, 2.45) is 0 Å². The van der Waals surface area contributed by atoms with Crippen LogP contribution in [0.25, 0.3) is 11.4 Å². The van der Waals surface area contributed by atoms with Gasteiger partial charge in [0.25, 0.3) is 0 Å². The molecule has 5 heteroatoms. The van der Waals surface area contributed by atoms with Gasteiger partial charge in [-0.15, -0.1) is 0 Å². The molecule has 1 aromatic heterocycles. The molecule has 2 aromatic carbocycles. The highest BCUT2D eigenvalue weighted by atomic mass is 16.5. The largest absolute Gasteiger partial charge is 0.339 e. The van der Waals surface area contributed by atoms with Gasteiger partial charge in [0.15, 0.2) is 0 Å². The minimum atomic E-state index is -0.0807. The van der Waals surface area contributed by atoms with E-state index >= 15 is 0 Å². The molecule has 27 heavy (non-hydrogen) atoms. The van der Waals surface area contributed by atoms with Crippen LogP contribution in [0.1, 0.15) is 40.5 Å². The number of hydrogen-bond donors (Lipinski definition) is 0. The first-order chi connectivity index (χ1) is 12.9. The number of hydrogen-bond acceptors (Lipinski definition) is 4. The van der Waals surface area contributed by atoms with Crippen LogP contribution in [-0.2, 0) is 4.79 Å². The summed E-state index contributed by atoms with van der Waals surface area (Å²) in [6.07, 6.45) is 0.391. The molecule has 1 saturated heterocycles. The van der Waals surface area contributed by atoms with Gasteiger partial charge < -0.3 is 9.42 Å². The Morgan fingerprint density at radius 3 is 2.44 bits per heavy atom. The number of rotatable bonds is 3. The van der Waals surface area contributed by atoms with Crippen LogP contribution in [0.2, 0.25) is 0 Å². The number of aromatic nitrogens is 2. The molecule has 1 fully saturated rings. The summed E-state index contributed by atoms with van der Waals surface area (Å²) in [5, 5.41) is 4.15. The third-order valence-electron chi connectivity index (χ3n) is 5.21. The Balaban J connectivity index is 1.62. The summed E-state index contributed by atoms with van der Waals surface area (Å²) in [4.78, 5) is 19.2. The fourth-order valence-corrected chi connectivity index (χ4v) is 4.02. The van der Waals surface area contributed by atoms with Crippen LogP contribution in [0.15, 0.2) is 40.9 Å². The van der Waals surface area contributed by atoms with E-state index in [0.29, 0.717) is 24.7 Å². The molecule has 1 atom stereocenters. The normalized spacial score (nSPS) is 17.0. The first-order valence-corrected chi connectivity index (χ1v) is 9.22. The second-order valence-electron chi connectivity index (χ2n) is 7.42. The van der Waals surface area contributed by atoms with Crippen LogP contribution in [0.3, 0.4) is 0 Å². The van der Waals surface area contributed by atoms with E-state index in [-0.39, 0.29) is 11.8 Å². The number of nitrogens with zero attached hydrogens (tertiary/aromatic N) is 3. The Morgan fingerprint density at radius 2 is 1.74 bits per heavy atom. The van der Waals surface area contributed by atoms with Crippen molar-refractivity contribution in [1.29, 1.82) is 0 Å². The highest BCUT2D eigenvalue weighted by Crippen LogP contribution is 2.35. The van der Waals surface area contributed by atoms with Crippen molar-refractivity contribution in [2.75, 3.05) is 11.4 Å². The minimum absolute atomic E-state index is 0.0807. The molecule has 0 aliphatic carbocycles. The monoisotopic (exact) mass is 361 g/mol. The number of carbonyl (C=O) groups excluding carboxylic acids is 1. The highest BCUT2D eigenvalue weighted by molar-refractivity contribution is 5.97. The van der Waals surface area contributed by atoms with Crippen molar-refractivity contribution in [3.8, 4) is 11.4 Å². The number of aryl methyl sites for hydroxylation is 4. The van der Waals surface area contributed by atoms with E-state index in [1.165, 1.54) is 5.56 Å². The zero-order chi connectivity index (χ0) is 19.1. The highest BCUT2D eigenvalue weighted by Gasteiger charge is 2.36. The predicted molar refractivity (Wildman–Crippen MR) is 105 cm³/mol. The average Bonchev–Trinajstić information content (AvgIpc) is 3.22. The second-order valence-corrected chi connectivity index (χ2v) is 7.42. The molecule has 1 unspecified atom stereocenters. The number of carbonyl (C=O) groups is 1. The second kappa shape index (κ2) is 6.65. The maximum absolute atomic E-state index is 12.7. The van der Waals surface area contributed by atoms with Gasteiger partial charge in [-0.25, -0.2) is 0 Å². The van der Waals surface area contributed by atoms with E-state index in [1.807, 2.05) is 36.1 Å². The molecule has 1 amide bonds. The van der Waals surface area contributed by atoms with Crippen LogP contribution < -0.4 is 4.90 Å². The topological polar surface area (TPSA) is 59.2 Å². The van der Waals surface area contributed by atoms with E-state index in [9.17, 15) is 4.79 Å². The van der Waals surface area contributed by atoms with Gasteiger partial charge in [0, 0.05) is 24.2 Å². The Hall–Kier alpha value is -2.95. The number of benzene rings is 2. The summed E-state index contributed by atoms with van der Waals surface area (Å²) in [5.74, 6) is 1.14. The van der Waals surface area contributed by atoms with Gasteiger partial charge in [-0.2, -0.15) is 4.98 Å². The summed E-state index contributed by atoms with van der Waals surface area (Å²) >= 11 is 0. The van der Waals surface area contributed by atoms with Crippen LogP contribution in [0, 0.1) is 27.7 Å². The molecule has 2 heterocycles. The quantitative estimate of drug-likeness (QED) is 0.690. The Kier molecular flexibility index (Phi) is 4.30. The zero-order valence-electron chi connectivity index (χ0n) is 16.1. The molecule has 1 aliphatic heterocycles. The van der Waals surface area contributed by atoms with E-state index in [2.05, 4.69) is 43.0 Å². The fraction of sp³-hybridized carbons (Fsp3) is 0.318. The lowest BCUT2D eigenvalue weighted by Crippen LogP contribution is -2.26. The van der Waals surface area contributed by atoms with Crippen molar-refractivity contribution in [1.82, 2.24) is 10.1 Å². The molecule has 5 nitrogen and oxygen atoms in total. The lowest BCUT2D eigenvalue weighted by molar-refractivity contribution is -0.117. The van der Waals surface area contributed by atoms with Gasteiger partial charge in [0.05, 0.1) is 5.92 Å². The van der Waals surface area contributed by atoms with Gasteiger partial charge in [-0.3, -0.25) is 4.79 Å². The van der Waals surface area contributed by atoms with E-state index in [1.54, 1.807) is 0 Å². The third kappa shape index (κ3) is 3.14. The Morgan fingerprint density at radius 1 is 1.04 bits per heavy atom. The van der Waals surface area contributed by atoms with E-state index < -0.39 is 0 Å². The van der Waals surface area contributed by atoms with Crippen molar-refractivity contribution in [2.45, 2.75) is 40.0 Å². The van der Waals surface area contributed by atoms with Gasteiger partial charge >= 0.3 is 0 Å². The molecule has 3 aromatic rings. The summed E-state index contributed by atoms with van der Waals surface area (Å²) in [6, 6.07) is 12.2. The zero-order valence-corrected chi connectivity index (χ0v) is 16.1. The first-order valence-electron chi connectivity index (χ1n) is 9.22. The van der Waals surface area contributed by atoms with Crippen LogP contribution in [-0.4, -0.2) is 22.6 Å². The predicted octanol–water partition coefficient (Wildman–Crippen LogP) is 4.49. The molecule has 0 radical (unpaired) electrons. The summed E-state index contributed by atoms with van der Waals surface area (Å²) in [6.45, 7) is 8.77. The SMILES string of the molecule is Cc1cc(C)c(N2CC(c3nc(-c4ccccc4C)no3)CC2=O)c(C)c1. The molecule has 0 bridgehead atoms. The summed E-state index contributed by atoms with van der Waals surface area (Å²) in [5.41, 5.74) is 6.50. The maximum Gasteiger partial charge on any atom is 0.232 e. The Labute approximate surface area is 159 Å². The van der Waals surface area contributed by atoms with Crippen LogP contribution in [0.5, 0.6) is 0 Å². The minimum Gasteiger partial charge on any atom is -0.339 e.